The summed E-state index contributed by atoms with van der Waals surface area (Å²) in [4.78, 5) is 23.9. The quantitative estimate of drug-likeness (QED) is 0.546. The second-order valence-corrected chi connectivity index (χ2v) is 9.34. The molecule has 0 aliphatic carbocycles. The van der Waals surface area contributed by atoms with Crippen molar-refractivity contribution < 1.29 is 14.3 Å². The van der Waals surface area contributed by atoms with E-state index in [1.54, 1.807) is 10.9 Å². The van der Waals surface area contributed by atoms with E-state index in [1.807, 2.05) is 52.1 Å². The topological polar surface area (TPSA) is 106 Å². The van der Waals surface area contributed by atoms with Gasteiger partial charge in [0, 0.05) is 45.3 Å². The van der Waals surface area contributed by atoms with E-state index >= 15 is 0 Å². The molecule has 1 fully saturated rings. The van der Waals surface area contributed by atoms with E-state index in [1.165, 1.54) is 0 Å². The van der Waals surface area contributed by atoms with Crippen molar-refractivity contribution in [3.63, 3.8) is 0 Å². The molecule has 4 rings (SSSR count). The number of nitrogens with zero attached hydrogens (tertiary/aromatic N) is 5. The predicted octanol–water partition coefficient (Wildman–Crippen LogP) is 2.80. The fourth-order valence-electron chi connectivity index (χ4n) is 3.79. The van der Waals surface area contributed by atoms with Gasteiger partial charge in [0.1, 0.15) is 5.60 Å². The fraction of sp³-hybridized carbons (Fsp3) is 0.500. The molecule has 0 spiro atoms. The van der Waals surface area contributed by atoms with Gasteiger partial charge in [0.05, 0.1) is 30.5 Å². The van der Waals surface area contributed by atoms with Gasteiger partial charge >= 0.3 is 6.09 Å². The second-order valence-electron chi connectivity index (χ2n) is 9.34. The summed E-state index contributed by atoms with van der Waals surface area (Å²) in [5, 5.41) is 11.4. The third kappa shape index (κ3) is 6.21. The molecule has 0 atom stereocenters. The Balaban J connectivity index is 1.51. The van der Waals surface area contributed by atoms with Gasteiger partial charge in [-0.1, -0.05) is 18.2 Å². The van der Waals surface area contributed by atoms with Gasteiger partial charge in [0.25, 0.3) is 0 Å². The first-order valence-electron chi connectivity index (χ1n) is 11.6. The Morgan fingerprint density at radius 3 is 2.76 bits per heavy atom. The van der Waals surface area contributed by atoms with Crippen molar-refractivity contribution in [3.8, 4) is 11.3 Å². The van der Waals surface area contributed by atoms with Crippen molar-refractivity contribution in [2.75, 3.05) is 44.7 Å². The van der Waals surface area contributed by atoms with Crippen LogP contribution in [0.4, 0.5) is 10.7 Å². The Bertz CT molecular complexity index is 1130. The number of alkyl carbamates (subject to hydrolysis) is 1. The van der Waals surface area contributed by atoms with E-state index in [2.05, 4.69) is 25.6 Å². The molecule has 1 aromatic carbocycles. The van der Waals surface area contributed by atoms with Gasteiger partial charge in [-0.2, -0.15) is 10.1 Å². The smallest absolute Gasteiger partial charge is 0.407 e. The summed E-state index contributed by atoms with van der Waals surface area (Å²) in [6.45, 7) is 11.0. The summed E-state index contributed by atoms with van der Waals surface area (Å²) < 4.78 is 12.5. The van der Waals surface area contributed by atoms with Crippen LogP contribution >= 0.6 is 0 Å². The van der Waals surface area contributed by atoms with Crippen LogP contribution in [0, 0.1) is 0 Å². The number of rotatable bonds is 7. The van der Waals surface area contributed by atoms with E-state index in [9.17, 15) is 4.79 Å². The third-order valence-corrected chi connectivity index (χ3v) is 5.44. The van der Waals surface area contributed by atoms with Crippen molar-refractivity contribution in [2.45, 2.75) is 32.9 Å². The summed E-state index contributed by atoms with van der Waals surface area (Å²) in [6, 6.07) is 7.94. The van der Waals surface area contributed by atoms with Crippen molar-refractivity contribution in [1.82, 2.24) is 30.0 Å². The summed E-state index contributed by atoms with van der Waals surface area (Å²) in [6.07, 6.45) is 1.34. The monoisotopic (exact) mass is 467 g/mol. The van der Waals surface area contributed by atoms with Gasteiger partial charge < -0.3 is 20.1 Å². The Morgan fingerprint density at radius 2 is 2.00 bits per heavy atom. The molecule has 1 aliphatic rings. The van der Waals surface area contributed by atoms with Crippen LogP contribution in [0.2, 0.25) is 0 Å². The molecule has 2 aromatic heterocycles. The van der Waals surface area contributed by atoms with E-state index in [0.717, 1.165) is 67.2 Å². The van der Waals surface area contributed by atoms with Gasteiger partial charge in [-0.15, -0.1) is 0 Å². The number of fused-ring (bicyclic) bond motifs is 1. The summed E-state index contributed by atoms with van der Waals surface area (Å²) in [5.74, 6) is 0.566. The first kappa shape index (κ1) is 23.9. The molecule has 3 aromatic rings. The van der Waals surface area contributed by atoms with Crippen LogP contribution in [0.3, 0.4) is 0 Å². The lowest BCUT2D eigenvalue weighted by atomic mass is 10.1. The average Bonchev–Trinajstić information content (AvgIpc) is 3.18. The highest BCUT2D eigenvalue weighted by molar-refractivity contribution is 5.91. The number of aryl methyl sites for hydroxylation is 1. The summed E-state index contributed by atoms with van der Waals surface area (Å²) >= 11 is 0. The molecule has 10 nitrogen and oxygen atoms in total. The van der Waals surface area contributed by atoms with Gasteiger partial charge in [0.2, 0.25) is 5.95 Å². The van der Waals surface area contributed by atoms with Crippen LogP contribution in [0.15, 0.2) is 30.5 Å². The Morgan fingerprint density at radius 1 is 1.21 bits per heavy atom. The molecule has 0 saturated carbocycles. The minimum atomic E-state index is -0.538. The molecular weight excluding hydrogens is 434 g/mol. The number of anilines is 1. The average molecular weight is 468 g/mol. The molecule has 182 valence electrons. The Hall–Kier alpha value is -3.24. The van der Waals surface area contributed by atoms with E-state index in [0.29, 0.717) is 12.5 Å². The standard InChI is InChI=1S/C24H33N7O3/c1-24(2,3)34-23(32)26-15-17-6-5-7-18(14-17)20-19-16-27-30(4)21(19)29-22(28-20)25-8-9-31-10-12-33-13-11-31/h5-7,14,16H,8-13,15H2,1-4H3,(H,26,32)(H,25,28,29). The minimum absolute atomic E-state index is 0.356. The van der Waals surface area contributed by atoms with Crippen LogP contribution in [0.1, 0.15) is 26.3 Å². The number of ether oxygens (including phenoxy) is 2. The Kier molecular flexibility index (Phi) is 7.28. The first-order chi connectivity index (χ1) is 16.3. The molecular formula is C24H33N7O3. The molecule has 34 heavy (non-hydrogen) atoms. The van der Waals surface area contributed by atoms with Crippen molar-refractivity contribution in [3.05, 3.63) is 36.0 Å². The van der Waals surface area contributed by atoms with E-state index < -0.39 is 11.7 Å². The third-order valence-electron chi connectivity index (χ3n) is 5.44. The summed E-state index contributed by atoms with van der Waals surface area (Å²) in [5.41, 5.74) is 2.90. The van der Waals surface area contributed by atoms with Crippen LogP contribution in [-0.2, 0) is 23.1 Å². The molecule has 0 unspecified atom stereocenters. The normalized spacial score (nSPS) is 14.8. The number of morpholine rings is 1. The lowest BCUT2D eigenvalue weighted by Crippen LogP contribution is -2.39. The van der Waals surface area contributed by atoms with Crippen molar-refractivity contribution in [1.29, 1.82) is 0 Å². The van der Waals surface area contributed by atoms with Gasteiger partial charge in [-0.3, -0.25) is 9.58 Å². The zero-order valence-corrected chi connectivity index (χ0v) is 20.3. The molecule has 3 heterocycles. The van der Waals surface area contributed by atoms with Gasteiger partial charge in [-0.05, 0) is 32.4 Å². The van der Waals surface area contributed by atoms with E-state index in [4.69, 9.17) is 14.5 Å². The number of hydrogen-bond donors (Lipinski definition) is 2. The highest BCUT2D eigenvalue weighted by atomic mass is 16.6. The SMILES string of the molecule is Cn1ncc2c(-c3cccc(CNC(=O)OC(C)(C)C)c3)nc(NCCN3CCOCC3)nc21. The minimum Gasteiger partial charge on any atom is -0.444 e. The number of nitrogens with one attached hydrogen (secondary N) is 2. The summed E-state index contributed by atoms with van der Waals surface area (Å²) in [7, 11) is 1.87. The molecule has 1 saturated heterocycles. The predicted molar refractivity (Wildman–Crippen MR) is 131 cm³/mol. The number of hydrogen-bond acceptors (Lipinski definition) is 8. The number of amides is 1. The number of aromatic nitrogens is 4. The lowest BCUT2D eigenvalue weighted by molar-refractivity contribution is 0.0398. The number of benzene rings is 1. The molecule has 2 N–H and O–H groups in total. The van der Waals surface area contributed by atoms with Crippen LogP contribution in [-0.4, -0.2) is 75.7 Å². The first-order valence-corrected chi connectivity index (χ1v) is 11.6. The highest BCUT2D eigenvalue weighted by Crippen LogP contribution is 2.27. The zero-order valence-electron chi connectivity index (χ0n) is 20.3. The maximum Gasteiger partial charge on any atom is 0.407 e. The maximum atomic E-state index is 12.0. The maximum absolute atomic E-state index is 12.0. The highest BCUT2D eigenvalue weighted by Gasteiger charge is 2.17. The molecule has 10 heteroatoms. The van der Waals surface area contributed by atoms with Crippen molar-refractivity contribution >= 4 is 23.1 Å². The van der Waals surface area contributed by atoms with Crippen LogP contribution in [0.25, 0.3) is 22.3 Å². The fourth-order valence-corrected chi connectivity index (χ4v) is 3.79. The molecule has 1 aliphatic heterocycles. The Labute approximate surface area is 199 Å². The van der Waals surface area contributed by atoms with Crippen LogP contribution in [0.5, 0.6) is 0 Å². The molecule has 0 radical (unpaired) electrons. The van der Waals surface area contributed by atoms with Crippen LogP contribution < -0.4 is 10.6 Å². The van der Waals surface area contributed by atoms with Gasteiger partial charge in [0.15, 0.2) is 5.65 Å². The molecule has 1 amide bonds. The largest absolute Gasteiger partial charge is 0.444 e. The number of carbonyl (C=O) groups excluding carboxylic acids is 1. The van der Waals surface area contributed by atoms with Crippen molar-refractivity contribution in [2.24, 2.45) is 7.05 Å². The zero-order chi connectivity index (χ0) is 24.1. The van der Waals surface area contributed by atoms with E-state index in [-0.39, 0.29) is 0 Å². The second kappa shape index (κ2) is 10.4. The number of carbonyl (C=O) groups is 1. The lowest BCUT2D eigenvalue weighted by Gasteiger charge is -2.26. The molecule has 0 bridgehead atoms. The van der Waals surface area contributed by atoms with Gasteiger partial charge in [-0.25, -0.2) is 9.78 Å².